The van der Waals surface area contributed by atoms with E-state index in [1.807, 2.05) is 11.6 Å². The predicted octanol–water partition coefficient (Wildman–Crippen LogP) is 1.01. The van der Waals surface area contributed by atoms with Gasteiger partial charge in [0.15, 0.2) is 0 Å². The average Bonchev–Trinajstić information content (AvgIpc) is 2.47. The van der Waals surface area contributed by atoms with E-state index in [9.17, 15) is 0 Å². The third kappa shape index (κ3) is 2.04. The molecule has 68 valence electrons. The predicted molar refractivity (Wildman–Crippen MR) is 47.5 cm³/mol. The van der Waals surface area contributed by atoms with Gasteiger partial charge in [0.2, 0.25) is 0 Å². The molecule has 0 radical (unpaired) electrons. The highest BCUT2D eigenvalue weighted by atomic mass is 15.3. The van der Waals surface area contributed by atoms with Crippen LogP contribution in [-0.2, 0) is 7.05 Å². The van der Waals surface area contributed by atoms with Crippen LogP contribution >= 0.6 is 0 Å². The summed E-state index contributed by atoms with van der Waals surface area (Å²) in [6.45, 7) is 2.16. The normalized spacial score (nSPS) is 13.2. The molecule has 0 amide bonds. The van der Waals surface area contributed by atoms with Crippen LogP contribution in [0.1, 0.15) is 38.1 Å². The summed E-state index contributed by atoms with van der Waals surface area (Å²) in [6, 6.07) is 0.0393. The highest BCUT2D eigenvalue weighted by Crippen LogP contribution is 2.12. The molecule has 4 nitrogen and oxygen atoms in total. The lowest BCUT2D eigenvalue weighted by atomic mass is 10.1. The molecule has 1 atom stereocenters. The Bertz CT molecular complexity index is 231. The first-order valence-electron chi connectivity index (χ1n) is 4.35. The molecule has 0 saturated heterocycles. The van der Waals surface area contributed by atoms with E-state index >= 15 is 0 Å². The third-order valence-corrected chi connectivity index (χ3v) is 1.95. The lowest BCUT2D eigenvalue weighted by Gasteiger charge is -2.08. The molecule has 0 bridgehead atoms. The zero-order valence-corrected chi connectivity index (χ0v) is 7.70. The van der Waals surface area contributed by atoms with Crippen LogP contribution in [-0.4, -0.2) is 14.8 Å². The SMILES string of the molecule is CCCC[C@H](N)c1nncn1C. The standard InChI is InChI=1S/C8H16N4/c1-3-4-5-7(9)8-11-10-6-12(8)2/h6-7H,3-5,9H2,1-2H3/t7-/m0/s1. The molecule has 2 N–H and O–H groups in total. The first kappa shape index (κ1) is 9.19. The van der Waals surface area contributed by atoms with Crippen molar-refractivity contribution in [3.8, 4) is 0 Å². The van der Waals surface area contributed by atoms with Crippen molar-refractivity contribution in [3.05, 3.63) is 12.2 Å². The van der Waals surface area contributed by atoms with Gasteiger partial charge in [0.25, 0.3) is 0 Å². The lowest BCUT2D eigenvalue weighted by Crippen LogP contribution is -2.15. The zero-order valence-electron chi connectivity index (χ0n) is 7.70. The van der Waals surface area contributed by atoms with Crippen LogP contribution in [0.15, 0.2) is 6.33 Å². The quantitative estimate of drug-likeness (QED) is 0.729. The first-order valence-corrected chi connectivity index (χ1v) is 4.35. The molecule has 1 aromatic heterocycles. The molecule has 12 heavy (non-hydrogen) atoms. The van der Waals surface area contributed by atoms with Crippen molar-refractivity contribution in [2.75, 3.05) is 0 Å². The van der Waals surface area contributed by atoms with E-state index in [0.717, 1.165) is 18.7 Å². The number of nitrogens with two attached hydrogens (primary N) is 1. The van der Waals surface area contributed by atoms with Gasteiger partial charge in [0, 0.05) is 7.05 Å². The highest BCUT2D eigenvalue weighted by molar-refractivity contribution is 4.92. The van der Waals surface area contributed by atoms with Gasteiger partial charge in [-0.15, -0.1) is 10.2 Å². The van der Waals surface area contributed by atoms with Gasteiger partial charge in [-0.3, -0.25) is 0 Å². The van der Waals surface area contributed by atoms with Crippen LogP contribution in [0, 0.1) is 0 Å². The maximum Gasteiger partial charge on any atom is 0.149 e. The van der Waals surface area contributed by atoms with Crippen LogP contribution < -0.4 is 5.73 Å². The zero-order chi connectivity index (χ0) is 8.97. The van der Waals surface area contributed by atoms with Crippen molar-refractivity contribution in [2.45, 2.75) is 32.2 Å². The van der Waals surface area contributed by atoms with Gasteiger partial charge in [-0.2, -0.15) is 0 Å². The summed E-state index contributed by atoms with van der Waals surface area (Å²) in [5.74, 6) is 0.878. The summed E-state index contributed by atoms with van der Waals surface area (Å²) in [4.78, 5) is 0. The Hall–Kier alpha value is -0.900. The second kappa shape index (κ2) is 4.21. The van der Waals surface area contributed by atoms with Crippen LogP contribution in [0.2, 0.25) is 0 Å². The number of unbranched alkanes of at least 4 members (excludes halogenated alkanes) is 1. The molecule has 0 aromatic carbocycles. The second-order valence-electron chi connectivity index (χ2n) is 3.05. The van der Waals surface area contributed by atoms with Crippen molar-refractivity contribution in [3.63, 3.8) is 0 Å². The van der Waals surface area contributed by atoms with Crippen molar-refractivity contribution in [1.82, 2.24) is 14.8 Å². The third-order valence-electron chi connectivity index (χ3n) is 1.95. The monoisotopic (exact) mass is 168 g/mol. The van der Waals surface area contributed by atoms with Crippen molar-refractivity contribution < 1.29 is 0 Å². The number of nitrogens with zero attached hydrogens (tertiary/aromatic N) is 3. The van der Waals surface area contributed by atoms with Crippen LogP contribution in [0.3, 0.4) is 0 Å². The van der Waals surface area contributed by atoms with Gasteiger partial charge < -0.3 is 10.3 Å². The first-order chi connectivity index (χ1) is 5.75. The smallest absolute Gasteiger partial charge is 0.149 e. The Kier molecular flexibility index (Phi) is 3.22. The molecule has 0 fully saturated rings. The van der Waals surface area contributed by atoms with Gasteiger partial charge in [0.05, 0.1) is 6.04 Å². The van der Waals surface area contributed by atoms with E-state index in [4.69, 9.17) is 5.73 Å². The molecular formula is C8H16N4. The minimum Gasteiger partial charge on any atom is -0.321 e. The Morgan fingerprint density at radius 3 is 2.92 bits per heavy atom. The highest BCUT2D eigenvalue weighted by Gasteiger charge is 2.10. The van der Waals surface area contributed by atoms with Crippen molar-refractivity contribution >= 4 is 0 Å². The van der Waals surface area contributed by atoms with Crippen LogP contribution in [0.4, 0.5) is 0 Å². The Morgan fingerprint density at radius 2 is 2.42 bits per heavy atom. The number of hydrogen-bond donors (Lipinski definition) is 1. The minimum atomic E-state index is 0.0393. The molecule has 0 aliphatic rings. The van der Waals surface area contributed by atoms with Gasteiger partial charge in [-0.25, -0.2) is 0 Å². The number of rotatable bonds is 4. The number of hydrogen-bond acceptors (Lipinski definition) is 3. The maximum absolute atomic E-state index is 5.90. The van der Waals surface area contributed by atoms with Gasteiger partial charge in [0.1, 0.15) is 12.2 Å². The summed E-state index contributed by atoms with van der Waals surface area (Å²) in [6.07, 6.45) is 4.99. The van der Waals surface area contributed by atoms with Crippen LogP contribution in [0.25, 0.3) is 0 Å². The molecule has 0 spiro atoms. The molecule has 4 heteroatoms. The number of aryl methyl sites for hydroxylation is 1. The van der Waals surface area contributed by atoms with Crippen molar-refractivity contribution in [2.24, 2.45) is 12.8 Å². The average molecular weight is 168 g/mol. The molecule has 0 aliphatic heterocycles. The molecule has 0 saturated carbocycles. The van der Waals surface area contributed by atoms with E-state index in [2.05, 4.69) is 17.1 Å². The van der Waals surface area contributed by atoms with E-state index in [1.54, 1.807) is 6.33 Å². The van der Waals surface area contributed by atoms with E-state index in [-0.39, 0.29) is 6.04 Å². The van der Waals surface area contributed by atoms with Gasteiger partial charge in [-0.1, -0.05) is 19.8 Å². The summed E-state index contributed by atoms with van der Waals surface area (Å²) in [7, 11) is 1.92. The maximum atomic E-state index is 5.90. The molecular weight excluding hydrogens is 152 g/mol. The molecule has 1 aromatic rings. The van der Waals surface area contributed by atoms with E-state index < -0.39 is 0 Å². The molecule has 0 unspecified atom stereocenters. The largest absolute Gasteiger partial charge is 0.321 e. The topological polar surface area (TPSA) is 56.7 Å². The summed E-state index contributed by atoms with van der Waals surface area (Å²) in [5.41, 5.74) is 5.90. The van der Waals surface area contributed by atoms with Gasteiger partial charge in [-0.05, 0) is 6.42 Å². The van der Waals surface area contributed by atoms with E-state index in [0.29, 0.717) is 0 Å². The molecule has 1 heterocycles. The van der Waals surface area contributed by atoms with Crippen molar-refractivity contribution in [1.29, 1.82) is 0 Å². The fourth-order valence-corrected chi connectivity index (χ4v) is 1.18. The minimum absolute atomic E-state index is 0.0393. The van der Waals surface area contributed by atoms with Gasteiger partial charge >= 0.3 is 0 Å². The van der Waals surface area contributed by atoms with Crippen LogP contribution in [0.5, 0.6) is 0 Å². The molecule has 1 rings (SSSR count). The fourth-order valence-electron chi connectivity index (χ4n) is 1.18. The Labute approximate surface area is 72.8 Å². The lowest BCUT2D eigenvalue weighted by molar-refractivity contribution is 0.556. The fraction of sp³-hybridized carbons (Fsp3) is 0.750. The summed E-state index contributed by atoms with van der Waals surface area (Å²) in [5, 5.41) is 7.74. The molecule has 0 aliphatic carbocycles. The number of aromatic nitrogens is 3. The van der Waals surface area contributed by atoms with E-state index in [1.165, 1.54) is 6.42 Å². The Balaban J connectivity index is 2.52. The summed E-state index contributed by atoms with van der Waals surface area (Å²) >= 11 is 0. The Morgan fingerprint density at radius 1 is 1.67 bits per heavy atom. The summed E-state index contributed by atoms with van der Waals surface area (Å²) < 4.78 is 1.88. The second-order valence-corrected chi connectivity index (χ2v) is 3.05.